The first-order valence-corrected chi connectivity index (χ1v) is 13.2. The van der Waals surface area contributed by atoms with E-state index < -0.39 is 31.8 Å². The van der Waals surface area contributed by atoms with Crippen LogP contribution >= 0.6 is 0 Å². The van der Waals surface area contributed by atoms with Gasteiger partial charge in [0.25, 0.3) is 5.56 Å². The third kappa shape index (κ3) is 4.29. The summed E-state index contributed by atoms with van der Waals surface area (Å²) < 4.78 is 46.9. The first-order chi connectivity index (χ1) is 16.9. The number of halogens is 1. The van der Waals surface area contributed by atoms with E-state index >= 15 is 4.39 Å². The van der Waals surface area contributed by atoms with Crippen LogP contribution in [-0.4, -0.2) is 42.9 Å². The van der Waals surface area contributed by atoms with Crippen molar-refractivity contribution in [2.75, 3.05) is 5.75 Å². The molecule has 0 spiro atoms. The van der Waals surface area contributed by atoms with Gasteiger partial charge >= 0.3 is 5.69 Å². The van der Waals surface area contributed by atoms with Gasteiger partial charge in [-0.05, 0) is 43.4 Å². The normalized spacial score (nSPS) is 15.0. The van der Waals surface area contributed by atoms with Gasteiger partial charge in [0.2, 0.25) is 0 Å². The van der Waals surface area contributed by atoms with E-state index in [0.717, 1.165) is 35.2 Å². The van der Waals surface area contributed by atoms with E-state index in [1.807, 2.05) is 13.8 Å². The molecule has 5 rings (SSSR count). The maximum absolute atomic E-state index is 15.3. The van der Waals surface area contributed by atoms with Gasteiger partial charge in [0.1, 0.15) is 10.7 Å². The molecule has 1 aromatic carbocycles. The molecule has 3 aromatic heterocycles. The predicted molar refractivity (Wildman–Crippen MR) is 131 cm³/mol. The molecule has 0 unspecified atom stereocenters. The molecule has 0 N–H and O–H groups in total. The van der Waals surface area contributed by atoms with Crippen LogP contribution in [0.15, 0.2) is 45.1 Å². The summed E-state index contributed by atoms with van der Waals surface area (Å²) in [4.78, 5) is 26.5. The zero-order valence-corrected chi connectivity index (χ0v) is 21.3. The zero-order chi connectivity index (χ0) is 26.0. The van der Waals surface area contributed by atoms with Crippen LogP contribution in [0.1, 0.15) is 36.7 Å². The molecule has 190 valence electrons. The standard InChI is InChI=1S/C24H27FN6O4S/c1-15-7-17(29(4)27-15)13-30-20-9-19(25)21(36(34,35)14-24(2)5-6-24)8-18(20)22(32)31(23(30)33)12-16-10-26-28(3)11-16/h7-11H,5-6,12-14H2,1-4H3. The molecule has 1 aliphatic rings. The van der Waals surface area contributed by atoms with Crippen molar-refractivity contribution in [1.82, 2.24) is 28.7 Å². The maximum Gasteiger partial charge on any atom is 0.332 e. The van der Waals surface area contributed by atoms with E-state index in [1.54, 1.807) is 41.9 Å². The summed E-state index contributed by atoms with van der Waals surface area (Å²) in [6.45, 7) is 3.61. The average Bonchev–Trinajstić information content (AvgIpc) is 3.20. The number of hydrogen-bond donors (Lipinski definition) is 0. The topological polar surface area (TPSA) is 114 Å². The van der Waals surface area contributed by atoms with E-state index in [0.29, 0.717) is 11.3 Å². The Morgan fingerprint density at radius 2 is 1.81 bits per heavy atom. The quantitative estimate of drug-likeness (QED) is 0.371. The Balaban J connectivity index is 1.75. The smallest absolute Gasteiger partial charge is 0.287 e. The van der Waals surface area contributed by atoms with Crippen molar-refractivity contribution in [3.63, 3.8) is 0 Å². The number of sulfone groups is 1. The molecule has 36 heavy (non-hydrogen) atoms. The Morgan fingerprint density at radius 3 is 2.39 bits per heavy atom. The van der Waals surface area contributed by atoms with Gasteiger partial charge in [-0.1, -0.05) is 6.92 Å². The van der Waals surface area contributed by atoms with Gasteiger partial charge in [-0.25, -0.2) is 17.6 Å². The van der Waals surface area contributed by atoms with Crippen LogP contribution in [0.4, 0.5) is 4.39 Å². The molecule has 0 aliphatic heterocycles. The van der Waals surface area contributed by atoms with Crippen molar-refractivity contribution in [3.8, 4) is 0 Å². The number of aryl methyl sites for hydroxylation is 3. The van der Waals surface area contributed by atoms with Crippen LogP contribution in [0.5, 0.6) is 0 Å². The fraction of sp³-hybridized carbons (Fsp3) is 0.417. The summed E-state index contributed by atoms with van der Waals surface area (Å²) in [5.74, 6) is -1.18. The zero-order valence-electron chi connectivity index (χ0n) is 20.5. The molecule has 0 amide bonds. The van der Waals surface area contributed by atoms with Gasteiger partial charge in [0.15, 0.2) is 9.84 Å². The fourth-order valence-corrected chi connectivity index (χ4v) is 6.57. The van der Waals surface area contributed by atoms with Crippen LogP contribution in [0.3, 0.4) is 0 Å². The SMILES string of the molecule is Cc1cc(Cn2c(=O)n(Cc3cnn(C)c3)c(=O)c3cc(S(=O)(=O)CC4(C)CC4)c(F)cc32)n(C)n1. The molecule has 0 bridgehead atoms. The van der Waals surface area contributed by atoms with Gasteiger partial charge in [-0.2, -0.15) is 10.2 Å². The highest BCUT2D eigenvalue weighted by Crippen LogP contribution is 2.47. The van der Waals surface area contributed by atoms with Crippen molar-refractivity contribution in [1.29, 1.82) is 0 Å². The van der Waals surface area contributed by atoms with Crippen LogP contribution in [0, 0.1) is 18.2 Å². The molecule has 1 saturated carbocycles. The summed E-state index contributed by atoms with van der Waals surface area (Å²) in [6, 6.07) is 3.86. The lowest BCUT2D eigenvalue weighted by molar-refractivity contribution is 0.549. The molecule has 12 heteroatoms. The molecular formula is C24H27FN6O4S. The van der Waals surface area contributed by atoms with Gasteiger partial charge in [0.05, 0.1) is 47.3 Å². The van der Waals surface area contributed by atoms with E-state index in [-0.39, 0.29) is 35.2 Å². The monoisotopic (exact) mass is 514 g/mol. The molecule has 4 aromatic rings. The second-order valence-electron chi connectivity index (χ2n) is 10.1. The second-order valence-corrected chi connectivity index (χ2v) is 12.0. The Hall–Kier alpha value is -3.54. The van der Waals surface area contributed by atoms with E-state index in [4.69, 9.17) is 0 Å². The van der Waals surface area contributed by atoms with E-state index in [2.05, 4.69) is 10.2 Å². The van der Waals surface area contributed by atoms with Gasteiger partial charge in [0, 0.05) is 25.9 Å². The molecular weight excluding hydrogens is 487 g/mol. The molecule has 0 atom stereocenters. The van der Waals surface area contributed by atoms with Crippen molar-refractivity contribution in [3.05, 3.63) is 74.2 Å². The van der Waals surface area contributed by atoms with Crippen molar-refractivity contribution in [2.24, 2.45) is 19.5 Å². The lowest BCUT2D eigenvalue weighted by Crippen LogP contribution is -2.41. The van der Waals surface area contributed by atoms with E-state index in [1.165, 1.54) is 4.57 Å². The molecule has 10 nitrogen and oxygen atoms in total. The number of aromatic nitrogens is 6. The van der Waals surface area contributed by atoms with E-state index in [9.17, 15) is 18.0 Å². The van der Waals surface area contributed by atoms with Crippen LogP contribution in [0.2, 0.25) is 0 Å². The molecule has 0 radical (unpaired) electrons. The average molecular weight is 515 g/mol. The Morgan fingerprint density at radius 1 is 1.08 bits per heavy atom. The minimum absolute atomic E-state index is 0.0175. The fourth-order valence-electron chi connectivity index (χ4n) is 4.55. The number of nitrogens with zero attached hydrogens (tertiary/aromatic N) is 6. The van der Waals surface area contributed by atoms with Crippen molar-refractivity contribution >= 4 is 20.7 Å². The van der Waals surface area contributed by atoms with Crippen molar-refractivity contribution in [2.45, 2.75) is 44.7 Å². The minimum atomic E-state index is -3.99. The summed E-state index contributed by atoms with van der Waals surface area (Å²) >= 11 is 0. The highest BCUT2D eigenvalue weighted by molar-refractivity contribution is 7.91. The molecule has 1 aliphatic carbocycles. The highest BCUT2D eigenvalue weighted by atomic mass is 32.2. The summed E-state index contributed by atoms with van der Waals surface area (Å²) in [5.41, 5.74) is 0.344. The lowest BCUT2D eigenvalue weighted by Gasteiger charge is -2.16. The van der Waals surface area contributed by atoms with Gasteiger partial charge in [-0.3, -0.25) is 23.3 Å². The Kier molecular flexibility index (Phi) is 5.54. The number of hydrogen-bond acceptors (Lipinski definition) is 6. The molecule has 0 saturated heterocycles. The number of rotatable bonds is 7. The number of fused-ring (bicyclic) bond motifs is 1. The lowest BCUT2D eigenvalue weighted by atomic mass is 10.2. The maximum atomic E-state index is 15.3. The van der Waals surface area contributed by atoms with Crippen LogP contribution in [-0.2, 0) is 37.0 Å². The third-order valence-electron chi connectivity index (χ3n) is 6.77. The predicted octanol–water partition coefficient (Wildman–Crippen LogP) is 1.75. The summed E-state index contributed by atoms with van der Waals surface area (Å²) in [5, 5.41) is 8.35. The van der Waals surface area contributed by atoms with Crippen LogP contribution < -0.4 is 11.2 Å². The summed E-state index contributed by atoms with van der Waals surface area (Å²) in [6.07, 6.45) is 4.73. The van der Waals surface area contributed by atoms with Gasteiger partial charge in [-0.15, -0.1) is 0 Å². The first kappa shape index (κ1) is 24.2. The third-order valence-corrected chi connectivity index (χ3v) is 8.83. The molecule has 3 heterocycles. The second kappa shape index (κ2) is 8.26. The highest BCUT2D eigenvalue weighted by Gasteiger charge is 2.42. The van der Waals surface area contributed by atoms with Crippen molar-refractivity contribution < 1.29 is 12.8 Å². The number of benzene rings is 1. The Labute approximate surface area is 206 Å². The summed E-state index contributed by atoms with van der Waals surface area (Å²) in [7, 11) is -0.541. The van der Waals surface area contributed by atoms with Gasteiger partial charge < -0.3 is 0 Å². The molecule has 1 fully saturated rings. The first-order valence-electron chi connectivity index (χ1n) is 11.5. The minimum Gasteiger partial charge on any atom is -0.287 e. The Bertz CT molecular complexity index is 1740. The largest absolute Gasteiger partial charge is 0.332 e. The van der Waals surface area contributed by atoms with Crippen LogP contribution in [0.25, 0.3) is 10.9 Å².